The van der Waals surface area contributed by atoms with Gasteiger partial charge in [-0.3, -0.25) is 14.9 Å². The minimum atomic E-state index is 0.260. The van der Waals surface area contributed by atoms with Crippen molar-refractivity contribution in [1.82, 2.24) is 20.0 Å². The van der Waals surface area contributed by atoms with Crippen molar-refractivity contribution in [3.8, 4) is 11.3 Å². The number of hydrogen-bond acceptors (Lipinski definition) is 4. The summed E-state index contributed by atoms with van der Waals surface area (Å²) in [6.07, 6.45) is 2.96. The van der Waals surface area contributed by atoms with E-state index in [0.717, 1.165) is 44.8 Å². The van der Waals surface area contributed by atoms with Gasteiger partial charge in [0, 0.05) is 49.9 Å². The Hall–Kier alpha value is -1.69. The van der Waals surface area contributed by atoms with Gasteiger partial charge in [-0.1, -0.05) is 30.7 Å². The van der Waals surface area contributed by atoms with Gasteiger partial charge in [0.2, 0.25) is 0 Å². The number of nitrogens with zero attached hydrogens (tertiary/aromatic N) is 3. The van der Waals surface area contributed by atoms with Gasteiger partial charge in [-0.05, 0) is 19.4 Å². The lowest BCUT2D eigenvalue weighted by Gasteiger charge is -2.38. The lowest BCUT2D eigenvalue weighted by atomic mass is 10.1. The topological polar surface area (TPSA) is 55.4 Å². The van der Waals surface area contributed by atoms with Crippen LogP contribution in [-0.4, -0.2) is 63.9 Å². The van der Waals surface area contributed by atoms with Crippen molar-refractivity contribution in [1.29, 1.82) is 0 Å². The maximum atomic E-state index is 9.47. The number of aryl methyl sites for hydroxylation is 1. The summed E-state index contributed by atoms with van der Waals surface area (Å²) in [4.78, 5) is 4.89. The molecule has 1 saturated heterocycles. The maximum Gasteiger partial charge on any atom is 0.0695 e. The molecule has 130 valence electrons. The van der Waals surface area contributed by atoms with E-state index in [1.54, 1.807) is 0 Å². The number of rotatable bonds is 6. The van der Waals surface area contributed by atoms with Crippen molar-refractivity contribution < 1.29 is 5.11 Å². The minimum absolute atomic E-state index is 0.260. The van der Waals surface area contributed by atoms with Crippen LogP contribution in [0.5, 0.6) is 0 Å². The van der Waals surface area contributed by atoms with Crippen molar-refractivity contribution in [2.45, 2.75) is 32.9 Å². The lowest BCUT2D eigenvalue weighted by molar-refractivity contribution is 0.0609. The zero-order valence-electron chi connectivity index (χ0n) is 14.7. The van der Waals surface area contributed by atoms with Crippen LogP contribution < -0.4 is 0 Å². The first kappa shape index (κ1) is 17.1. The molecule has 2 aromatic rings. The number of hydrogen-bond donors (Lipinski definition) is 2. The molecule has 0 aliphatic carbocycles. The summed E-state index contributed by atoms with van der Waals surface area (Å²) in [5, 5.41) is 16.9. The smallest absolute Gasteiger partial charge is 0.0695 e. The van der Waals surface area contributed by atoms with E-state index in [-0.39, 0.29) is 6.61 Å². The second kappa shape index (κ2) is 7.92. The normalized spacial score (nSPS) is 18.0. The first-order chi connectivity index (χ1) is 11.7. The second-order valence-corrected chi connectivity index (χ2v) is 6.70. The van der Waals surface area contributed by atoms with E-state index < -0.39 is 0 Å². The second-order valence-electron chi connectivity index (χ2n) is 6.70. The molecule has 1 aliphatic rings. The fourth-order valence-electron chi connectivity index (χ4n) is 3.51. The van der Waals surface area contributed by atoms with Gasteiger partial charge >= 0.3 is 0 Å². The molecule has 0 spiro atoms. The first-order valence-corrected chi connectivity index (χ1v) is 8.87. The summed E-state index contributed by atoms with van der Waals surface area (Å²) >= 11 is 0. The summed E-state index contributed by atoms with van der Waals surface area (Å²) < 4.78 is 0. The van der Waals surface area contributed by atoms with Gasteiger partial charge in [0.25, 0.3) is 0 Å². The highest BCUT2D eigenvalue weighted by atomic mass is 16.3. The molecule has 5 nitrogen and oxygen atoms in total. The summed E-state index contributed by atoms with van der Waals surface area (Å²) in [5.74, 6) is 0. The fraction of sp³-hybridized carbons (Fsp3) is 0.526. The molecule has 1 atom stereocenters. The van der Waals surface area contributed by atoms with Gasteiger partial charge < -0.3 is 5.11 Å². The zero-order valence-corrected chi connectivity index (χ0v) is 14.7. The Morgan fingerprint density at radius 3 is 2.71 bits per heavy atom. The summed E-state index contributed by atoms with van der Waals surface area (Å²) in [7, 11) is 0. The number of nitrogens with one attached hydrogen (secondary N) is 1. The van der Waals surface area contributed by atoms with Crippen molar-refractivity contribution in [3.63, 3.8) is 0 Å². The Morgan fingerprint density at radius 1 is 1.25 bits per heavy atom. The van der Waals surface area contributed by atoms with Crippen LogP contribution in [0.2, 0.25) is 0 Å². The molecule has 3 rings (SSSR count). The molecule has 24 heavy (non-hydrogen) atoms. The Kier molecular flexibility index (Phi) is 5.66. The number of aliphatic hydroxyl groups excluding tert-OH is 1. The lowest BCUT2D eigenvalue weighted by Crippen LogP contribution is -2.50. The molecule has 0 amide bonds. The van der Waals surface area contributed by atoms with E-state index in [4.69, 9.17) is 0 Å². The Morgan fingerprint density at radius 2 is 2.04 bits per heavy atom. The van der Waals surface area contributed by atoms with Crippen LogP contribution >= 0.6 is 0 Å². The third kappa shape index (κ3) is 3.86. The molecule has 0 bridgehead atoms. The van der Waals surface area contributed by atoms with Crippen molar-refractivity contribution in [2.75, 3.05) is 32.8 Å². The van der Waals surface area contributed by atoms with E-state index in [9.17, 15) is 5.11 Å². The average molecular weight is 328 g/mol. The van der Waals surface area contributed by atoms with Crippen molar-refractivity contribution in [3.05, 3.63) is 41.6 Å². The van der Waals surface area contributed by atoms with E-state index in [0.29, 0.717) is 6.04 Å². The summed E-state index contributed by atoms with van der Waals surface area (Å²) in [5.41, 5.74) is 4.84. The molecule has 2 heterocycles. The van der Waals surface area contributed by atoms with Gasteiger partial charge in [-0.25, -0.2) is 0 Å². The average Bonchev–Trinajstić information content (AvgIpc) is 3.05. The predicted molar refractivity (Wildman–Crippen MR) is 96.8 cm³/mol. The molecule has 1 unspecified atom stereocenters. The van der Waals surface area contributed by atoms with Crippen molar-refractivity contribution >= 4 is 0 Å². The molecule has 1 fully saturated rings. The third-order valence-corrected chi connectivity index (χ3v) is 5.02. The van der Waals surface area contributed by atoms with E-state index >= 15 is 0 Å². The highest BCUT2D eigenvalue weighted by molar-refractivity contribution is 5.63. The SMILES string of the molecule is CCC(CO)N1CCN(Cc2cn[nH]c2-c2cccc(C)c2)CC1. The first-order valence-electron chi connectivity index (χ1n) is 8.87. The van der Waals surface area contributed by atoms with Crippen molar-refractivity contribution in [2.24, 2.45) is 0 Å². The van der Waals surface area contributed by atoms with Crippen LogP contribution in [0.25, 0.3) is 11.3 Å². The number of piperazine rings is 1. The molecular weight excluding hydrogens is 300 g/mol. The van der Waals surface area contributed by atoms with Crippen LogP contribution in [0.1, 0.15) is 24.5 Å². The van der Waals surface area contributed by atoms with Gasteiger partial charge in [0.05, 0.1) is 18.5 Å². The number of aliphatic hydroxyl groups is 1. The number of H-pyrrole nitrogens is 1. The quantitative estimate of drug-likeness (QED) is 0.854. The molecular formula is C19H28N4O. The largest absolute Gasteiger partial charge is 0.395 e. The molecule has 5 heteroatoms. The molecule has 1 aliphatic heterocycles. The zero-order chi connectivity index (χ0) is 16.9. The highest BCUT2D eigenvalue weighted by Gasteiger charge is 2.23. The maximum absolute atomic E-state index is 9.47. The molecule has 0 radical (unpaired) electrons. The van der Waals surface area contributed by atoms with Gasteiger partial charge in [-0.15, -0.1) is 0 Å². The number of aromatic amines is 1. The molecule has 0 saturated carbocycles. The van der Waals surface area contributed by atoms with E-state index in [1.165, 1.54) is 16.7 Å². The number of benzene rings is 1. The minimum Gasteiger partial charge on any atom is -0.395 e. The Bertz CT molecular complexity index is 642. The van der Waals surface area contributed by atoms with Gasteiger partial charge in [-0.2, -0.15) is 5.10 Å². The van der Waals surface area contributed by atoms with Gasteiger partial charge in [0.15, 0.2) is 0 Å². The van der Waals surface area contributed by atoms with Crippen LogP contribution in [0.15, 0.2) is 30.5 Å². The standard InChI is InChI=1S/C19H28N4O/c1-3-18(14-24)23-9-7-22(8-10-23)13-17-12-20-21-19(17)16-6-4-5-15(2)11-16/h4-6,11-12,18,24H,3,7-10,13-14H2,1-2H3,(H,20,21). The monoisotopic (exact) mass is 328 g/mol. The summed E-state index contributed by atoms with van der Waals surface area (Å²) in [6.45, 7) is 9.56. The van der Waals surface area contributed by atoms with Crippen LogP contribution in [0.3, 0.4) is 0 Å². The van der Waals surface area contributed by atoms with E-state index in [2.05, 4.69) is 58.1 Å². The predicted octanol–water partition coefficient (Wildman–Crippen LogP) is 2.27. The molecule has 1 aromatic heterocycles. The van der Waals surface area contributed by atoms with Gasteiger partial charge in [0.1, 0.15) is 0 Å². The van der Waals surface area contributed by atoms with Crippen LogP contribution in [-0.2, 0) is 6.54 Å². The fourth-order valence-corrected chi connectivity index (χ4v) is 3.51. The third-order valence-electron chi connectivity index (χ3n) is 5.02. The number of aromatic nitrogens is 2. The highest BCUT2D eigenvalue weighted by Crippen LogP contribution is 2.23. The molecule has 1 aromatic carbocycles. The Balaban J connectivity index is 1.63. The Labute approximate surface area is 144 Å². The summed E-state index contributed by atoms with van der Waals surface area (Å²) in [6, 6.07) is 8.85. The van der Waals surface area contributed by atoms with Crippen LogP contribution in [0, 0.1) is 6.92 Å². The van der Waals surface area contributed by atoms with E-state index in [1.807, 2.05) is 6.20 Å². The molecule has 2 N–H and O–H groups in total. The van der Waals surface area contributed by atoms with Crippen LogP contribution in [0.4, 0.5) is 0 Å².